The summed E-state index contributed by atoms with van der Waals surface area (Å²) in [6, 6.07) is 6.18. The van der Waals surface area contributed by atoms with Gasteiger partial charge in [-0.1, -0.05) is 32.1 Å². The summed E-state index contributed by atoms with van der Waals surface area (Å²) in [5.41, 5.74) is 9.27. The SMILES string of the molecule is C=CCN(CC=C)C(=O)CCc1ccc(N(CCC)CCC)c(N)c1. The van der Waals surface area contributed by atoms with Crippen molar-refractivity contribution in [1.82, 2.24) is 4.90 Å². The van der Waals surface area contributed by atoms with Gasteiger partial charge < -0.3 is 15.5 Å². The van der Waals surface area contributed by atoms with Gasteiger partial charge in [0.2, 0.25) is 5.91 Å². The molecule has 0 heterocycles. The number of hydrogen-bond donors (Lipinski definition) is 1. The maximum atomic E-state index is 12.3. The lowest BCUT2D eigenvalue weighted by Gasteiger charge is -2.25. The van der Waals surface area contributed by atoms with Crippen molar-refractivity contribution in [3.05, 3.63) is 49.1 Å². The van der Waals surface area contributed by atoms with Gasteiger partial charge in [0.25, 0.3) is 0 Å². The van der Waals surface area contributed by atoms with E-state index in [-0.39, 0.29) is 5.91 Å². The minimum absolute atomic E-state index is 0.112. The standard InChI is InChI=1S/C21H33N3O/c1-5-13-23(14-6-2)20-11-9-18(17-19(20)22)10-12-21(25)24(15-7-3)16-8-4/h7-9,11,17H,3-6,10,12-16,22H2,1-2H3. The summed E-state index contributed by atoms with van der Waals surface area (Å²) in [6.45, 7) is 14.9. The summed E-state index contributed by atoms with van der Waals surface area (Å²) in [5.74, 6) is 0.112. The average Bonchev–Trinajstić information content (AvgIpc) is 2.59. The van der Waals surface area contributed by atoms with Crippen molar-refractivity contribution in [3.63, 3.8) is 0 Å². The van der Waals surface area contributed by atoms with Crippen LogP contribution in [0.15, 0.2) is 43.5 Å². The summed E-state index contributed by atoms with van der Waals surface area (Å²) < 4.78 is 0. The van der Waals surface area contributed by atoms with Gasteiger partial charge in [-0.3, -0.25) is 4.79 Å². The molecule has 0 fully saturated rings. The van der Waals surface area contributed by atoms with Crippen molar-refractivity contribution < 1.29 is 4.79 Å². The van der Waals surface area contributed by atoms with Crippen molar-refractivity contribution in [2.75, 3.05) is 36.8 Å². The summed E-state index contributed by atoms with van der Waals surface area (Å²) in [4.78, 5) is 16.4. The quantitative estimate of drug-likeness (QED) is 0.460. The topological polar surface area (TPSA) is 49.6 Å². The van der Waals surface area contributed by atoms with E-state index < -0.39 is 0 Å². The third kappa shape index (κ3) is 6.65. The molecular weight excluding hydrogens is 310 g/mol. The molecule has 0 aliphatic carbocycles. The highest BCUT2D eigenvalue weighted by Gasteiger charge is 2.12. The first kappa shape index (κ1) is 20.8. The molecule has 1 aromatic rings. The molecule has 0 radical (unpaired) electrons. The molecule has 0 bridgehead atoms. The fraction of sp³-hybridized carbons (Fsp3) is 0.476. The number of anilines is 2. The van der Waals surface area contributed by atoms with Gasteiger partial charge in [0.05, 0.1) is 11.4 Å². The van der Waals surface area contributed by atoms with Crippen LogP contribution in [0, 0.1) is 0 Å². The first-order chi connectivity index (χ1) is 12.1. The van der Waals surface area contributed by atoms with Crippen LogP contribution in [0.3, 0.4) is 0 Å². The molecule has 25 heavy (non-hydrogen) atoms. The van der Waals surface area contributed by atoms with Crippen LogP contribution in [0.1, 0.15) is 38.7 Å². The molecule has 138 valence electrons. The predicted octanol–water partition coefficient (Wildman–Crippen LogP) is 4.03. The number of carbonyl (C=O) groups is 1. The van der Waals surface area contributed by atoms with Crippen LogP contribution in [-0.2, 0) is 11.2 Å². The van der Waals surface area contributed by atoms with Crippen molar-refractivity contribution in [1.29, 1.82) is 0 Å². The minimum Gasteiger partial charge on any atom is -0.397 e. The van der Waals surface area contributed by atoms with Gasteiger partial charge in [-0.25, -0.2) is 0 Å². The number of hydrogen-bond acceptors (Lipinski definition) is 3. The fourth-order valence-corrected chi connectivity index (χ4v) is 2.94. The Bertz CT molecular complexity index is 552. The molecule has 0 aliphatic heterocycles. The maximum Gasteiger partial charge on any atom is 0.223 e. The Kier molecular flexibility index (Phi) is 9.45. The zero-order valence-corrected chi connectivity index (χ0v) is 15.8. The van der Waals surface area contributed by atoms with Gasteiger partial charge in [-0.05, 0) is 37.0 Å². The van der Waals surface area contributed by atoms with Crippen molar-refractivity contribution >= 4 is 17.3 Å². The number of amides is 1. The highest BCUT2D eigenvalue weighted by molar-refractivity contribution is 5.77. The van der Waals surface area contributed by atoms with E-state index in [2.05, 4.69) is 44.0 Å². The van der Waals surface area contributed by atoms with E-state index in [0.717, 1.165) is 42.9 Å². The Hall–Kier alpha value is -2.23. The zero-order valence-electron chi connectivity index (χ0n) is 15.8. The molecule has 4 heteroatoms. The number of aryl methyl sites for hydroxylation is 1. The van der Waals surface area contributed by atoms with Crippen LogP contribution in [-0.4, -0.2) is 37.0 Å². The number of rotatable bonds is 12. The first-order valence-electron chi connectivity index (χ1n) is 9.20. The smallest absolute Gasteiger partial charge is 0.223 e. The third-order valence-corrected chi connectivity index (χ3v) is 4.10. The van der Waals surface area contributed by atoms with Crippen LogP contribution in [0.5, 0.6) is 0 Å². The normalized spacial score (nSPS) is 10.3. The molecule has 1 rings (SSSR count). The van der Waals surface area contributed by atoms with E-state index >= 15 is 0 Å². The van der Waals surface area contributed by atoms with E-state index in [1.54, 1.807) is 17.1 Å². The molecule has 0 aromatic heterocycles. The van der Waals surface area contributed by atoms with E-state index in [1.165, 1.54) is 0 Å². The minimum atomic E-state index is 0.112. The third-order valence-electron chi connectivity index (χ3n) is 4.10. The van der Waals surface area contributed by atoms with Crippen LogP contribution in [0.25, 0.3) is 0 Å². The Morgan fingerprint density at radius 1 is 1.12 bits per heavy atom. The van der Waals surface area contributed by atoms with E-state index in [0.29, 0.717) is 25.9 Å². The molecule has 0 saturated carbocycles. The summed E-state index contributed by atoms with van der Waals surface area (Å²) in [5, 5.41) is 0. The fourth-order valence-electron chi connectivity index (χ4n) is 2.94. The number of carbonyl (C=O) groups excluding carboxylic acids is 1. The molecule has 4 nitrogen and oxygen atoms in total. The van der Waals surface area contributed by atoms with Crippen LogP contribution in [0.2, 0.25) is 0 Å². The van der Waals surface area contributed by atoms with E-state index in [1.807, 2.05) is 6.07 Å². The maximum absolute atomic E-state index is 12.3. The Labute approximate surface area is 153 Å². The molecule has 1 aromatic carbocycles. The van der Waals surface area contributed by atoms with Crippen LogP contribution < -0.4 is 10.6 Å². The molecule has 0 aliphatic rings. The van der Waals surface area contributed by atoms with Crippen LogP contribution in [0.4, 0.5) is 11.4 Å². The number of nitrogens with two attached hydrogens (primary N) is 1. The number of nitrogens with zero attached hydrogens (tertiary/aromatic N) is 2. The molecule has 1 amide bonds. The van der Waals surface area contributed by atoms with Crippen molar-refractivity contribution in [2.45, 2.75) is 39.5 Å². The predicted molar refractivity (Wildman–Crippen MR) is 109 cm³/mol. The van der Waals surface area contributed by atoms with Gasteiger partial charge in [0.1, 0.15) is 0 Å². The lowest BCUT2D eigenvalue weighted by molar-refractivity contribution is -0.130. The molecule has 0 atom stereocenters. The van der Waals surface area contributed by atoms with Gasteiger partial charge >= 0.3 is 0 Å². The van der Waals surface area contributed by atoms with E-state index in [4.69, 9.17) is 5.73 Å². The summed E-state index contributed by atoms with van der Waals surface area (Å²) in [7, 11) is 0. The second-order valence-corrected chi connectivity index (χ2v) is 6.26. The van der Waals surface area contributed by atoms with Crippen molar-refractivity contribution in [3.8, 4) is 0 Å². The molecule has 0 unspecified atom stereocenters. The lowest BCUT2D eigenvalue weighted by Crippen LogP contribution is -2.31. The van der Waals surface area contributed by atoms with Gasteiger partial charge in [0.15, 0.2) is 0 Å². The monoisotopic (exact) mass is 343 g/mol. The average molecular weight is 344 g/mol. The highest BCUT2D eigenvalue weighted by Crippen LogP contribution is 2.25. The first-order valence-corrected chi connectivity index (χ1v) is 9.20. The van der Waals surface area contributed by atoms with E-state index in [9.17, 15) is 4.79 Å². The molecule has 0 spiro atoms. The Morgan fingerprint density at radius 3 is 2.20 bits per heavy atom. The second-order valence-electron chi connectivity index (χ2n) is 6.26. The molecular formula is C21H33N3O. The Morgan fingerprint density at radius 2 is 1.72 bits per heavy atom. The molecule has 2 N–H and O–H groups in total. The summed E-state index contributed by atoms with van der Waals surface area (Å²) >= 11 is 0. The zero-order chi connectivity index (χ0) is 18.7. The van der Waals surface area contributed by atoms with Crippen molar-refractivity contribution in [2.24, 2.45) is 0 Å². The largest absolute Gasteiger partial charge is 0.397 e. The lowest BCUT2D eigenvalue weighted by atomic mass is 10.1. The molecule has 0 saturated heterocycles. The number of nitrogen functional groups attached to an aromatic ring is 1. The Balaban J connectivity index is 2.74. The summed E-state index contributed by atoms with van der Waals surface area (Å²) in [6.07, 6.45) is 6.83. The van der Waals surface area contributed by atoms with Gasteiger partial charge in [0, 0.05) is 32.6 Å². The second kappa shape index (κ2) is 11.3. The van der Waals surface area contributed by atoms with Crippen LogP contribution >= 0.6 is 0 Å². The highest BCUT2D eigenvalue weighted by atomic mass is 16.2. The van der Waals surface area contributed by atoms with Gasteiger partial charge in [-0.15, -0.1) is 13.2 Å². The van der Waals surface area contributed by atoms with Gasteiger partial charge in [-0.2, -0.15) is 0 Å². The number of benzene rings is 1.